The predicted molar refractivity (Wildman–Crippen MR) is 70.8 cm³/mol. The number of aromatic nitrogens is 1. The van der Waals surface area contributed by atoms with Crippen molar-refractivity contribution in [3.8, 4) is 0 Å². The molecular formula is C12H13N3O2S. The number of hydrogen-bond donors (Lipinski definition) is 1. The number of thiazole rings is 1. The Balaban J connectivity index is 1.90. The number of nitrogen functional groups attached to an aromatic ring is 1. The van der Waals surface area contributed by atoms with E-state index in [1.165, 1.54) is 11.3 Å². The molecule has 18 heavy (non-hydrogen) atoms. The molecule has 1 aromatic carbocycles. The maximum atomic E-state index is 12.3. The van der Waals surface area contributed by atoms with Gasteiger partial charge in [0, 0.05) is 18.7 Å². The predicted octanol–water partition coefficient (Wildman–Crippen LogP) is 1.35. The summed E-state index contributed by atoms with van der Waals surface area (Å²) in [6.07, 6.45) is 0. The second-order valence-electron chi connectivity index (χ2n) is 4.14. The van der Waals surface area contributed by atoms with Crippen molar-refractivity contribution in [3.05, 3.63) is 23.8 Å². The highest BCUT2D eigenvalue weighted by Gasteiger charge is 2.18. The van der Waals surface area contributed by atoms with Gasteiger partial charge in [-0.15, -0.1) is 0 Å². The molecule has 0 atom stereocenters. The minimum Gasteiger partial charge on any atom is -0.378 e. The van der Waals surface area contributed by atoms with E-state index in [2.05, 4.69) is 4.98 Å². The molecule has 3 rings (SSSR count). The molecule has 1 saturated heterocycles. The lowest BCUT2D eigenvalue weighted by atomic mass is 10.2. The average molecular weight is 263 g/mol. The van der Waals surface area contributed by atoms with Gasteiger partial charge in [-0.25, -0.2) is 4.98 Å². The van der Waals surface area contributed by atoms with Crippen molar-refractivity contribution in [2.45, 2.75) is 0 Å². The third-order valence-electron chi connectivity index (χ3n) is 2.95. The molecule has 2 N–H and O–H groups in total. The van der Waals surface area contributed by atoms with Gasteiger partial charge in [-0.3, -0.25) is 4.79 Å². The van der Waals surface area contributed by atoms with Crippen LogP contribution in [0.2, 0.25) is 0 Å². The number of ether oxygens (including phenoxy) is 1. The van der Waals surface area contributed by atoms with Gasteiger partial charge in [0.05, 0.1) is 23.4 Å². The summed E-state index contributed by atoms with van der Waals surface area (Å²) in [6, 6.07) is 5.51. The van der Waals surface area contributed by atoms with Crippen molar-refractivity contribution >= 4 is 32.6 Å². The van der Waals surface area contributed by atoms with E-state index in [1.54, 1.807) is 6.07 Å². The minimum atomic E-state index is 0.0483. The van der Waals surface area contributed by atoms with Gasteiger partial charge in [-0.2, -0.15) is 0 Å². The number of amides is 1. The summed E-state index contributed by atoms with van der Waals surface area (Å²) in [7, 11) is 0. The number of benzene rings is 1. The molecule has 1 aromatic heterocycles. The molecule has 94 valence electrons. The average Bonchev–Trinajstić information content (AvgIpc) is 2.78. The second kappa shape index (κ2) is 4.55. The van der Waals surface area contributed by atoms with Gasteiger partial charge in [-0.05, 0) is 18.2 Å². The molecule has 0 unspecified atom stereocenters. The smallest absolute Gasteiger partial charge is 0.254 e. The lowest BCUT2D eigenvalue weighted by Gasteiger charge is -2.26. The number of nitrogens with two attached hydrogens (primary N) is 1. The largest absolute Gasteiger partial charge is 0.378 e. The monoisotopic (exact) mass is 263 g/mol. The summed E-state index contributed by atoms with van der Waals surface area (Å²) in [4.78, 5) is 18.3. The number of fused-ring (bicyclic) bond motifs is 1. The zero-order valence-corrected chi connectivity index (χ0v) is 10.6. The fourth-order valence-corrected chi connectivity index (χ4v) is 2.80. The SMILES string of the molecule is Nc1nc2ccc(C(=O)N3CCOCC3)cc2s1. The van der Waals surface area contributed by atoms with Crippen molar-refractivity contribution < 1.29 is 9.53 Å². The number of rotatable bonds is 1. The molecule has 0 spiro atoms. The van der Waals surface area contributed by atoms with E-state index in [4.69, 9.17) is 10.5 Å². The Labute approximate surface area is 108 Å². The summed E-state index contributed by atoms with van der Waals surface area (Å²) >= 11 is 1.40. The first-order valence-electron chi connectivity index (χ1n) is 5.77. The third-order valence-corrected chi connectivity index (χ3v) is 3.80. The quantitative estimate of drug-likeness (QED) is 0.843. The fraction of sp³-hybridized carbons (Fsp3) is 0.333. The molecule has 0 saturated carbocycles. The highest BCUT2D eigenvalue weighted by Crippen LogP contribution is 2.25. The number of nitrogens with zero attached hydrogens (tertiary/aromatic N) is 2. The van der Waals surface area contributed by atoms with Crippen LogP contribution in [0.15, 0.2) is 18.2 Å². The molecule has 0 bridgehead atoms. The molecule has 2 aromatic rings. The van der Waals surface area contributed by atoms with Gasteiger partial charge in [0.2, 0.25) is 0 Å². The lowest BCUT2D eigenvalue weighted by molar-refractivity contribution is 0.0303. The van der Waals surface area contributed by atoms with Crippen LogP contribution in [0.5, 0.6) is 0 Å². The Hall–Kier alpha value is -1.66. The second-order valence-corrected chi connectivity index (χ2v) is 5.20. The minimum absolute atomic E-state index is 0.0483. The third kappa shape index (κ3) is 2.04. The molecular weight excluding hydrogens is 250 g/mol. The Morgan fingerprint density at radius 3 is 2.94 bits per heavy atom. The maximum Gasteiger partial charge on any atom is 0.254 e. The van der Waals surface area contributed by atoms with Gasteiger partial charge in [-0.1, -0.05) is 11.3 Å². The van der Waals surface area contributed by atoms with E-state index in [0.717, 1.165) is 10.2 Å². The van der Waals surface area contributed by atoms with Gasteiger partial charge in [0.1, 0.15) is 0 Å². The van der Waals surface area contributed by atoms with Crippen LogP contribution in [0.3, 0.4) is 0 Å². The molecule has 5 nitrogen and oxygen atoms in total. The summed E-state index contributed by atoms with van der Waals surface area (Å²) in [5, 5.41) is 0.529. The van der Waals surface area contributed by atoms with Gasteiger partial charge in [0.25, 0.3) is 5.91 Å². The van der Waals surface area contributed by atoms with Crippen LogP contribution in [0.1, 0.15) is 10.4 Å². The van der Waals surface area contributed by atoms with E-state index in [9.17, 15) is 4.79 Å². The van der Waals surface area contributed by atoms with Crippen molar-refractivity contribution in [1.82, 2.24) is 9.88 Å². The number of morpholine rings is 1. The number of hydrogen-bond acceptors (Lipinski definition) is 5. The highest BCUT2D eigenvalue weighted by molar-refractivity contribution is 7.22. The van der Waals surface area contributed by atoms with Crippen molar-refractivity contribution in [2.75, 3.05) is 32.0 Å². The Bertz CT molecular complexity index is 590. The van der Waals surface area contributed by atoms with Crippen LogP contribution in [0, 0.1) is 0 Å². The van der Waals surface area contributed by atoms with Crippen LogP contribution >= 0.6 is 11.3 Å². The van der Waals surface area contributed by atoms with E-state index < -0.39 is 0 Å². The maximum absolute atomic E-state index is 12.3. The first kappa shape index (κ1) is 11.4. The molecule has 6 heteroatoms. The molecule has 1 aliphatic heterocycles. The lowest BCUT2D eigenvalue weighted by Crippen LogP contribution is -2.40. The normalized spacial score (nSPS) is 16.1. The Morgan fingerprint density at radius 2 is 2.17 bits per heavy atom. The number of anilines is 1. The number of carbonyl (C=O) groups is 1. The first-order valence-corrected chi connectivity index (χ1v) is 6.59. The summed E-state index contributed by atoms with van der Waals surface area (Å²) < 4.78 is 6.19. The van der Waals surface area contributed by atoms with Crippen molar-refractivity contribution in [2.24, 2.45) is 0 Å². The summed E-state index contributed by atoms with van der Waals surface area (Å²) in [6.45, 7) is 2.53. The zero-order valence-electron chi connectivity index (χ0n) is 9.76. The zero-order chi connectivity index (χ0) is 12.5. The standard InChI is InChI=1S/C12H13N3O2S/c13-12-14-9-2-1-8(7-10(9)18-12)11(16)15-3-5-17-6-4-15/h1-2,7H,3-6H2,(H2,13,14). The Kier molecular flexibility index (Phi) is 2.89. The molecule has 0 aliphatic carbocycles. The van der Waals surface area contributed by atoms with Gasteiger partial charge >= 0.3 is 0 Å². The van der Waals surface area contributed by atoms with E-state index in [1.807, 2.05) is 17.0 Å². The molecule has 2 heterocycles. The first-order chi connectivity index (χ1) is 8.74. The van der Waals surface area contributed by atoms with E-state index in [-0.39, 0.29) is 5.91 Å². The molecule has 1 amide bonds. The Morgan fingerprint density at radius 1 is 1.39 bits per heavy atom. The van der Waals surface area contributed by atoms with Crippen LogP contribution < -0.4 is 5.73 Å². The van der Waals surface area contributed by atoms with E-state index >= 15 is 0 Å². The van der Waals surface area contributed by atoms with Crippen molar-refractivity contribution in [1.29, 1.82) is 0 Å². The van der Waals surface area contributed by atoms with Crippen LogP contribution in [0.4, 0.5) is 5.13 Å². The van der Waals surface area contributed by atoms with E-state index in [0.29, 0.717) is 37.0 Å². The van der Waals surface area contributed by atoms with Crippen molar-refractivity contribution in [3.63, 3.8) is 0 Å². The van der Waals surface area contributed by atoms with Crippen LogP contribution in [-0.2, 0) is 4.74 Å². The van der Waals surface area contributed by atoms with Crippen LogP contribution in [0.25, 0.3) is 10.2 Å². The molecule has 0 radical (unpaired) electrons. The molecule has 1 aliphatic rings. The summed E-state index contributed by atoms with van der Waals surface area (Å²) in [5.74, 6) is 0.0483. The topological polar surface area (TPSA) is 68.5 Å². The summed E-state index contributed by atoms with van der Waals surface area (Å²) in [5.41, 5.74) is 7.19. The van der Waals surface area contributed by atoms with Gasteiger partial charge < -0.3 is 15.4 Å². The fourth-order valence-electron chi connectivity index (χ4n) is 2.02. The number of carbonyl (C=O) groups excluding carboxylic acids is 1. The van der Waals surface area contributed by atoms with Gasteiger partial charge in [0.15, 0.2) is 5.13 Å². The molecule has 1 fully saturated rings. The van der Waals surface area contributed by atoms with Crippen LogP contribution in [-0.4, -0.2) is 42.1 Å². The highest BCUT2D eigenvalue weighted by atomic mass is 32.1.